The highest BCUT2D eigenvalue weighted by molar-refractivity contribution is 7.93. The number of pyridine rings is 1. The quantitative estimate of drug-likeness (QED) is 0.336. The second-order valence-electron chi connectivity index (χ2n) is 8.05. The monoisotopic (exact) mass is 524 g/mol. The lowest BCUT2D eigenvalue weighted by Gasteiger charge is -2.28. The van der Waals surface area contributed by atoms with Gasteiger partial charge in [-0.1, -0.05) is 11.3 Å². The largest absolute Gasteiger partial charge is 0.497 e. The van der Waals surface area contributed by atoms with Gasteiger partial charge < -0.3 is 20.3 Å². The summed E-state index contributed by atoms with van der Waals surface area (Å²) in [6.45, 7) is 2.78. The summed E-state index contributed by atoms with van der Waals surface area (Å²) in [7, 11) is -2.27. The van der Waals surface area contributed by atoms with Crippen LogP contribution in [0.15, 0.2) is 65.7 Å². The van der Waals surface area contributed by atoms with E-state index in [1.54, 1.807) is 54.6 Å². The van der Waals surface area contributed by atoms with Crippen molar-refractivity contribution in [3.8, 4) is 5.75 Å². The van der Waals surface area contributed by atoms with Crippen LogP contribution in [0.25, 0.3) is 10.2 Å². The molecule has 0 bridgehead atoms. The lowest BCUT2D eigenvalue weighted by molar-refractivity contribution is 0.0736. The highest BCUT2D eigenvalue weighted by atomic mass is 32.2. The van der Waals surface area contributed by atoms with E-state index in [9.17, 15) is 13.2 Å². The van der Waals surface area contributed by atoms with Gasteiger partial charge >= 0.3 is 0 Å². The molecule has 1 saturated heterocycles. The average Bonchev–Trinajstić information content (AvgIpc) is 3.30. The molecular formula is C24H24N6O4S2. The summed E-state index contributed by atoms with van der Waals surface area (Å²) in [6, 6.07) is 15.1. The summed E-state index contributed by atoms with van der Waals surface area (Å²) < 4.78 is 34.4. The summed E-state index contributed by atoms with van der Waals surface area (Å²) >= 11 is 1.23. The molecule has 2 aromatic heterocycles. The van der Waals surface area contributed by atoms with E-state index in [0.29, 0.717) is 41.4 Å². The minimum absolute atomic E-state index is 0.0861. The zero-order chi connectivity index (χ0) is 25.1. The Balaban J connectivity index is 1.31. The van der Waals surface area contributed by atoms with Crippen molar-refractivity contribution in [3.63, 3.8) is 0 Å². The minimum Gasteiger partial charge on any atom is -0.497 e. The topological polar surface area (TPSA) is 126 Å². The number of rotatable bonds is 7. The maximum Gasteiger partial charge on any atom is 0.263 e. The number of nitrogens with zero attached hydrogens (tertiary/aromatic N) is 3. The number of piperazine rings is 1. The number of carbonyl (C=O) groups excluding carboxylic acids is 1. The van der Waals surface area contributed by atoms with Crippen molar-refractivity contribution >= 4 is 54.1 Å². The van der Waals surface area contributed by atoms with E-state index in [0.717, 1.165) is 17.8 Å². The molecule has 1 aliphatic rings. The van der Waals surface area contributed by atoms with Crippen molar-refractivity contribution in [3.05, 3.63) is 66.4 Å². The van der Waals surface area contributed by atoms with E-state index >= 15 is 0 Å². The third kappa shape index (κ3) is 5.10. The van der Waals surface area contributed by atoms with Crippen LogP contribution >= 0.6 is 11.3 Å². The van der Waals surface area contributed by atoms with Crippen LogP contribution in [0.1, 0.15) is 10.4 Å². The van der Waals surface area contributed by atoms with Crippen molar-refractivity contribution in [2.75, 3.05) is 43.3 Å². The van der Waals surface area contributed by atoms with Crippen molar-refractivity contribution in [2.45, 2.75) is 4.90 Å². The van der Waals surface area contributed by atoms with Gasteiger partial charge in [-0.15, -0.1) is 0 Å². The molecule has 5 rings (SSSR count). The van der Waals surface area contributed by atoms with Gasteiger partial charge in [0, 0.05) is 38.1 Å². The Morgan fingerprint density at radius 3 is 2.64 bits per heavy atom. The fourth-order valence-corrected chi connectivity index (χ4v) is 5.95. The molecule has 0 spiro atoms. The molecule has 186 valence electrons. The normalized spacial score (nSPS) is 14.0. The number of benzene rings is 2. The first-order chi connectivity index (χ1) is 17.4. The minimum atomic E-state index is -3.85. The number of hydrogen-bond donors (Lipinski definition) is 3. The highest BCUT2D eigenvalue weighted by Gasteiger charge is 2.22. The van der Waals surface area contributed by atoms with Gasteiger partial charge in [-0.05, 0) is 54.6 Å². The van der Waals surface area contributed by atoms with Gasteiger partial charge in [-0.2, -0.15) is 0 Å². The Morgan fingerprint density at radius 1 is 1.11 bits per heavy atom. The van der Waals surface area contributed by atoms with Crippen molar-refractivity contribution in [1.82, 2.24) is 20.2 Å². The molecule has 2 aromatic carbocycles. The van der Waals surface area contributed by atoms with Crippen LogP contribution in [-0.4, -0.2) is 62.5 Å². The van der Waals surface area contributed by atoms with Crippen LogP contribution in [0.4, 0.5) is 16.6 Å². The summed E-state index contributed by atoms with van der Waals surface area (Å²) in [5, 5.41) is 6.64. The van der Waals surface area contributed by atoms with Crippen LogP contribution in [0.2, 0.25) is 0 Å². The first-order valence-electron chi connectivity index (χ1n) is 11.2. The average molecular weight is 525 g/mol. The number of methoxy groups -OCH3 is 1. The number of carbonyl (C=O) groups is 1. The maximum atomic E-state index is 13.0. The fraction of sp³-hybridized carbons (Fsp3) is 0.208. The summed E-state index contributed by atoms with van der Waals surface area (Å²) in [6.07, 6.45) is 1.60. The first-order valence-corrected chi connectivity index (χ1v) is 13.5. The smallest absolute Gasteiger partial charge is 0.263 e. The predicted molar refractivity (Wildman–Crippen MR) is 140 cm³/mol. The zero-order valence-corrected chi connectivity index (χ0v) is 21.0. The zero-order valence-electron chi connectivity index (χ0n) is 19.4. The second kappa shape index (κ2) is 10.1. The fourth-order valence-electron chi connectivity index (χ4n) is 3.82. The van der Waals surface area contributed by atoms with Gasteiger partial charge in [0.05, 0.1) is 27.8 Å². The predicted octanol–water partition coefficient (Wildman–Crippen LogP) is 3.29. The molecule has 0 atom stereocenters. The third-order valence-corrected chi connectivity index (χ3v) is 8.10. The number of fused-ring (bicyclic) bond motifs is 1. The summed E-state index contributed by atoms with van der Waals surface area (Å²) in [5.74, 6) is 0.998. The van der Waals surface area contributed by atoms with Gasteiger partial charge in [0.15, 0.2) is 5.13 Å². The third-order valence-electron chi connectivity index (χ3n) is 5.69. The molecule has 10 nitrogen and oxygen atoms in total. The Bertz CT molecular complexity index is 1500. The molecule has 12 heteroatoms. The van der Waals surface area contributed by atoms with E-state index in [-0.39, 0.29) is 15.9 Å². The molecule has 0 saturated carbocycles. The maximum absolute atomic E-state index is 13.0. The number of ether oxygens (including phenoxy) is 1. The van der Waals surface area contributed by atoms with E-state index in [1.807, 2.05) is 6.07 Å². The molecule has 0 aliphatic carbocycles. The number of nitrogens with one attached hydrogen (secondary N) is 3. The van der Waals surface area contributed by atoms with Gasteiger partial charge in [-0.25, -0.2) is 18.4 Å². The van der Waals surface area contributed by atoms with Crippen LogP contribution in [0, 0.1) is 0 Å². The number of amides is 1. The molecule has 3 N–H and O–H groups in total. The first kappa shape index (κ1) is 24.0. The van der Waals surface area contributed by atoms with Crippen LogP contribution in [0.5, 0.6) is 5.75 Å². The molecule has 1 aliphatic heterocycles. The van der Waals surface area contributed by atoms with Gasteiger partial charge in [0.25, 0.3) is 15.9 Å². The standard InChI is InChI=1S/C24H24N6O4S2/c1-34-17-6-9-20-21(15-17)35-24(28-20)29-36(32,33)18-7-4-16(5-8-18)27-22-19(3-2-10-26-22)23(31)30-13-11-25-12-14-30/h2-10,15,25H,11-14H2,1H3,(H,26,27)(H,28,29). The van der Waals surface area contributed by atoms with Crippen molar-refractivity contribution in [2.24, 2.45) is 0 Å². The SMILES string of the molecule is COc1ccc2nc(NS(=O)(=O)c3ccc(Nc4ncccc4C(=O)N4CCNCC4)cc3)sc2c1. The highest BCUT2D eigenvalue weighted by Crippen LogP contribution is 2.31. The molecular weight excluding hydrogens is 500 g/mol. The Hall–Kier alpha value is -3.74. The molecule has 0 unspecified atom stereocenters. The number of thiazole rings is 1. The Kier molecular flexibility index (Phi) is 6.72. The molecule has 3 heterocycles. The lowest BCUT2D eigenvalue weighted by Crippen LogP contribution is -2.46. The van der Waals surface area contributed by atoms with Gasteiger partial charge in [0.1, 0.15) is 11.6 Å². The molecule has 1 amide bonds. The number of sulfonamides is 1. The van der Waals surface area contributed by atoms with Crippen LogP contribution in [-0.2, 0) is 10.0 Å². The van der Waals surface area contributed by atoms with E-state index in [1.165, 1.54) is 23.5 Å². The molecule has 1 fully saturated rings. The molecule has 36 heavy (non-hydrogen) atoms. The van der Waals surface area contributed by atoms with Crippen molar-refractivity contribution in [1.29, 1.82) is 0 Å². The number of hydrogen-bond acceptors (Lipinski definition) is 9. The Labute approximate surface area is 212 Å². The van der Waals surface area contributed by atoms with Gasteiger partial charge in [0.2, 0.25) is 0 Å². The Morgan fingerprint density at radius 2 is 1.89 bits per heavy atom. The number of anilines is 3. The van der Waals surface area contributed by atoms with E-state index in [2.05, 4.69) is 25.3 Å². The van der Waals surface area contributed by atoms with Gasteiger partial charge in [-0.3, -0.25) is 9.52 Å². The lowest BCUT2D eigenvalue weighted by atomic mass is 10.2. The summed E-state index contributed by atoms with van der Waals surface area (Å²) in [5.41, 5.74) is 1.75. The van der Waals surface area contributed by atoms with Crippen molar-refractivity contribution < 1.29 is 17.9 Å². The molecule has 0 radical (unpaired) electrons. The van der Waals surface area contributed by atoms with Crippen LogP contribution in [0.3, 0.4) is 0 Å². The second-order valence-corrected chi connectivity index (χ2v) is 10.8. The molecule has 4 aromatic rings. The van der Waals surface area contributed by atoms with E-state index < -0.39 is 10.0 Å². The summed E-state index contributed by atoms with van der Waals surface area (Å²) in [4.78, 5) is 23.5. The van der Waals surface area contributed by atoms with E-state index in [4.69, 9.17) is 4.74 Å². The van der Waals surface area contributed by atoms with Crippen LogP contribution < -0.4 is 20.1 Å². The number of aromatic nitrogens is 2.